The van der Waals surface area contributed by atoms with Crippen LogP contribution in [0.15, 0.2) is 0 Å². The minimum absolute atomic E-state index is 0.0482. The minimum atomic E-state index is -0.0482. The summed E-state index contributed by atoms with van der Waals surface area (Å²) in [7, 11) is 0. The zero-order valence-electron chi connectivity index (χ0n) is 10.1. The van der Waals surface area contributed by atoms with Gasteiger partial charge in [-0.15, -0.1) is 0 Å². The van der Waals surface area contributed by atoms with Crippen molar-refractivity contribution in [3.63, 3.8) is 0 Å². The van der Waals surface area contributed by atoms with Gasteiger partial charge in [0.05, 0.1) is 6.10 Å². The second-order valence-electron chi connectivity index (χ2n) is 5.75. The maximum atomic E-state index is 10.0. The summed E-state index contributed by atoms with van der Waals surface area (Å²) in [5.74, 6) is 0. The van der Waals surface area contributed by atoms with Crippen molar-refractivity contribution < 1.29 is 5.11 Å². The number of nitrogens with zero attached hydrogens (tertiary/aromatic N) is 2. The molecule has 0 aromatic carbocycles. The monoisotopic (exact) mass is 224 g/mol. The lowest BCUT2D eigenvalue weighted by Gasteiger charge is -2.32. The van der Waals surface area contributed by atoms with Gasteiger partial charge >= 0.3 is 0 Å². The highest BCUT2D eigenvalue weighted by molar-refractivity contribution is 4.91. The van der Waals surface area contributed by atoms with Gasteiger partial charge in [0.2, 0.25) is 0 Å². The highest BCUT2D eigenvalue weighted by Crippen LogP contribution is 2.28. The predicted octanol–water partition coefficient (Wildman–Crippen LogP) is 1.07. The number of rotatable bonds is 1. The van der Waals surface area contributed by atoms with Crippen LogP contribution in [0.3, 0.4) is 0 Å². The van der Waals surface area contributed by atoms with E-state index in [4.69, 9.17) is 0 Å². The Morgan fingerprint density at radius 3 is 2.44 bits per heavy atom. The van der Waals surface area contributed by atoms with Gasteiger partial charge < -0.3 is 5.11 Å². The summed E-state index contributed by atoms with van der Waals surface area (Å²) in [5.41, 5.74) is 0. The second-order valence-corrected chi connectivity index (χ2v) is 5.75. The van der Waals surface area contributed by atoms with Crippen LogP contribution in [-0.4, -0.2) is 59.3 Å². The van der Waals surface area contributed by atoms with Gasteiger partial charge in [0, 0.05) is 18.6 Å². The summed E-state index contributed by atoms with van der Waals surface area (Å²) in [6.45, 7) is 5.01. The average molecular weight is 224 g/mol. The van der Waals surface area contributed by atoms with Gasteiger partial charge in [-0.05, 0) is 58.2 Å². The van der Waals surface area contributed by atoms with Crippen molar-refractivity contribution in [1.29, 1.82) is 0 Å². The molecule has 0 aromatic rings. The molecule has 0 bridgehead atoms. The third-order valence-electron chi connectivity index (χ3n) is 4.75. The number of hydrogen-bond acceptors (Lipinski definition) is 3. The van der Waals surface area contributed by atoms with E-state index in [0.717, 1.165) is 12.5 Å². The van der Waals surface area contributed by atoms with Crippen molar-refractivity contribution in [3.8, 4) is 0 Å². The van der Waals surface area contributed by atoms with E-state index in [1.807, 2.05) is 0 Å². The van der Waals surface area contributed by atoms with Crippen LogP contribution in [0.2, 0.25) is 0 Å². The highest BCUT2D eigenvalue weighted by atomic mass is 16.3. The van der Waals surface area contributed by atoms with E-state index in [1.54, 1.807) is 0 Å². The van der Waals surface area contributed by atoms with Gasteiger partial charge in [0.25, 0.3) is 0 Å². The van der Waals surface area contributed by atoms with E-state index >= 15 is 0 Å². The summed E-state index contributed by atoms with van der Waals surface area (Å²) in [5, 5.41) is 10.0. The molecule has 1 saturated carbocycles. The lowest BCUT2D eigenvalue weighted by atomic mass is 10.1. The highest BCUT2D eigenvalue weighted by Gasteiger charge is 2.35. The summed E-state index contributed by atoms with van der Waals surface area (Å²) < 4.78 is 0. The largest absolute Gasteiger partial charge is 0.391 e. The standard InChI is InChI=1S/C13H24N2O/c16-13-6-1-5-12(13)15-9-3-8-14-7-2-4-11(14)10-15/h11-13,16H,1-10H2/t11?,12-,13-/m0/s1. The van der Waals surface area contributed by atoms with E-state index in [9.17, 15) is 5.11 Å². The molecule has 2 heterocycles. The van der Waals surface area contributed by atoms with Crippen LogP contribution < -0.4 is 0 Å². The minimum Gasteiger partial charge on any atom is -0.391 e. The Kier molecular flexibility index (Phi) is 3.18. The van der Waals surface area contributed by atoms with Crippen LogP contribution >= 0.6 is 0 Å². The average Bonchev–Trinajstić information content (AvgIpc) is 2.83. The lowest BCUT2D eigenvalue weighted by Crippen LogP contribution is -2.45. The summed E-state index contributed by atoms with van der Waals surface area (Å²) in [4.78, 5) is 5.26. The number of fused-ring (bicyclic) bond motifs is 1. The molecule has 1 unspecified atom stereocenters. The SMILES string of the molecule is O[C@H]1CCC[C@@H]1N1CCCN2CCCC2C1. The molecule has 3 aliphatic rings. The van der Waals surface area contributed by atoms with Gasteiger partial charge in [-0.1, -0.05) is 0 Å². The number of hydrogen-bond donors (Lipinski definition) is 1. The molecule has 2 aliphatic heterocycles. The molecule has 2 saturated heterocycles. The van der Waals surface area contributed by atoms with E-state index < -0.39 is 0 Å². The van der Waals surface area contributed by atoms with Crippen molar-refractivity contribution in [2.45, 2.75) is 56.7 Å². The molecule has 1 aliphatic carbocycles. The summed E-state index contributed by atoms with van der Waals surface area (Å²) >= 11 is 0. The smallest absolute Gasteiger partial charge is 0.0695 e. The van der Waals surface area contributed by atoms with Crippen LogP contribution in [-0.2, 0) is 0 Å². The zero-order chi connectivity index (χ0) is 11.0. The fourth-order valence-corrected chi connectivity index (χ4v) is 3.88. The van der Waals surface area contributed by atoms with Crippen molar-refractivity contribution in [3.05, 3.63) is 0 Å². The lowest BCUT2D eigenvalue weighted by molar-refractivity contribution is 0.0662. The van der Waals surface area contributed by atoms with E-state index in [-0.39, 0.29) is 6.10 Å². The first-order valence-electron chi connectivity index (χ1n) is 7.01. The van der Waals surface area contributed by atoms with Gasteiger partial charge in [-0.25, -0.2) is 0 Å². The molecule has 3 atom stereocenters. The normalized spacial score (nSPS) is 42.2. The van der Waals surface area contributed by atoms with Crippen LogP contribution in [0.4, 0.5) is 0 Å². The van der Waals surface area contributed by atoms with Crippen molar-refractivity contribution >= 4 is 0 Å². The van der Waals surface area contributed by atoms with Crippen molar-refractivity contribution in [2.24, 2.45) is 0 Å². The molecular weight excluding hydrogens is 200 g/mol. The predicted molar refractivity (Wildman–Crippen MR) is 64.4 cm³/mol. The molecule has 3 rings (SSSR count). The van der Waals surface area contributed by atoms with Crippen molar-refractivity contribution in [1.82, 2.24) is 9.80 Å². The van der Waals surface area contributed by atoms with Gasteiger partial charge in [-0.2, -0.15) is 0 Å². The van der Waals surface area contributed by atoms with E-state index in [0.29, 0.717) is 6.04 Å². The molecule has 3 nitrogen and oxygen atoms in total. The Hall–Kier alpha value is -0.120. The first-order chi connectivity index (χ1) is 7.84. The Balaban J connectivity index is 1.66. The summed E-state index contributed by atoms with van der Waals surface area (Å²) in [6, 6.07) is 1.26. The van der Waals surface area contributed by atoms with Crippen LogP contribution in [0.5, 0.6) is 0 Å². The van der Waals surface area contributed by atoms with Gasteiger partial charge in [0.1, 0.15) is 0 Å². The van der Waals surface area contributed by atoms with Gasteiger partial charge in [-0.3, -0.25) is 9.80 Å². The third kappa shape index (κ3) is 2.01. The number of aliphatic hydroxyl groups is 1. The topological polar surface area (TPSA) is 26.7 Å². The Morgan fingerprint density at radius 1 is 0.812 bits per heavy atom. The maximum absolute atomic E-state index is 10.0. The Bertz CT molecular complexity index is 246. The number of aliphatic hydroxyl groups excluding tert-OH is 1. The molecule has 16 heavy (non-hydrogen) atoms. The molecule has 0 radical (unpaired) electrons. The zero-order valence-corrected chi connectivity index (χ0v) is 10.1. The summed E-state index contributed by atoms with van der Waals surface area (Å²) in [6.07, 6.45) is 7.46. The van der Waals surface area contributed by atoms with E-state index in [2.05, 4.69) is 9.80 Å². The quantitative estimate of drug-likeness (QED) is 0.722. The van der Waals surface area contributed by atoms with E-state index in [1.165, 1.54) is 58.3 Å². The second kappa shape index (κ2) is 4.63. The fraction of sp³-hybridized carbons (Fsp3) is 1.00. The molecule has 3 fully saturated rings. The van der Waals surface area contributed by atoms with Crippen LogP contribution in [0, 0.1) is 0 Å². The first kappa shape index (κ1) is 11.0. The van der Waals surface area contributed by atoms with Crippen molar-refractivity contribution in [2.75, 3.05) is 26.2 Å². The molecule has 3 heteroatoms. The Labute approximate surface area is 98.4 Å². The first-order valence-corrected chi connectivity index (χ1v) is 7.01. The molecule has 92 valence electrons. The fourth-order valence-electron chi connectivity index (χ4n) is 3.88. The molecule has 1 N–H and O–H groups in total. The third-order valence-corrected chi connectivity index (χ3v) is 4.75. The molecular formula is C13H24N2O. The molecule has 0 amide bonds. The van der Waals surface area contributed by atoms with Crippen LogP contribution in [0.1, 0.15) is 38.5 Å². The van der Waals surface area contributed by atoms with Crippen LogP contribution in [0.25, 0.3) is 0 Å². The van der Waals surface area contributed by atoms with Gasteiger partial charge in [0.15, 0.2) is 0 Å². The molecule has 0 aromatic heterocycles. The Morgan fingerprint density at radius 2 is 1.62 bits per heavy atom. The maximum Gasteiger partial charge on any atom is 0.0695 e. The molecule has 0 spiro atoms.